The molecule has 1 heterocycles. The Bertz CT molecular complexity index is 247. The highest BCUT2D eigenvalue weighted by Crippen LogP contribution is 2.05. The van der Waals surface area contributed by atoms with Crippen molar-refractivity contribution in [1.29, 1.82) is 0 Å². The summed E-state index contributed by atoms with van der Waals surface area (Å²) in [4.78, 5) is 0. The summed E-state index contributed by atoms with van der Waals surface area (Å²) in [5.41, 5.74) is 0. The van der Waals surface area contributed by atoms with Crippen molar-refractivity contribution in [3.8, 4) is 0 Å². The standard InChI is InChI=1S/C9H17N3O/c1-4-12-7-10-11-9(12)5-8(2)6-13-3/h7-8H,4-6H2,1-3H3. The van der Waals surface area contributed by atoms with Gasteiger partial charge in [-0.15, -0.1) is 10.2 Å². The monoisotopic (exact) mass is 183 g/mol. The smallest absolute Gasteiger partial charge is 0.133 e. The Morgan fingerprint density at radius 3 is 3.00 bits per heavy atom. The van der Waals surface area contributed by atoms with Gasteiger partial charge in [-0.25, -0.2) is 0 Å². The maximum atomic E-state index is 5.07. The van der Waals surface area contributed by atoms with Crippen LogP contribution in [0.3, 0.4) is 0 Å². The summed E-state index contributed by atoms with van der Waals surface area (Å²) in [5, 5.41) is 7.94. The highest BCUT2D eigenvalue weighted by molar-refractivity contribution is 4.87. The molecule has 13 heavy (non-hydrogen) atoms. The van der Waals surface area contributed by atoms with Gasteiger partial charge >= 0.3 is 0 Å². The van der Waals surface area contributed by atoms with Gasteiger partial charge in [0.05, 0.1) is 0 Å². The normalized spacial score (nSPS) is 13.2. The van der Waals surface area contributed by atoms with Crippen molar-refractivity contribution in [2.45, 2.75) is 26.8 Å². The molecule has 4 nitrogen and oxygen atoms in total. The van der Waals surface area contributed by atoms with E-state index in [4.69, 9.17) is 4.74 Å². The molecule has 1 atom stereocenters. The summed E-state index contributed by atoms with van der Waals surface area (Å²) < 4.78 is 7.13. The minimum Gasteiger partial charge on any atom is -0.384 e. The number of aromatic nitrogens is 3. The molecular formula is C9H17N3O. The van der Waals surface area contributed by atoms with E-state index in [1.54, 1.807) is 13.4 Å². The Balaban J connectivity index is 2.52. The quantitative estimate of drug-likeness (QED) is 0.687. The van der Waals surface area contributed by atoms with E-state index in [0.29, 0.717) is 5.92 Å². The zero-order valence-corrected chi connectivity index (χ0v) is 8.53. The number of ether oxygens (including phenoxy) is 1. The second-order valence-corrected chi connectivity index (χ2v) is 3.30. The maximum absolute atomic E-state index is 5.07. The zero-order chi connectivity index (χ0) is 9.68. The van der Waals surface area contributed by atoms with E-state index in [9.17, 15) is 0 Å². The highest BCUT2D eigenvalue weighted by Gasteiger charge is 2.08. The molecule has 0 aliphatic rings. The van der Waals surface area contributed by atoms with Crippen LogP contribution in [0.5, 0.6) is 0 Å². The van der Waals surface area contributed by atoms with Crippen LogP contribution in [0, 0.1) is 5.92 Å². The van der Waals surface area contributed by atoms with Crippen molar-refractivity contribution in [3.05, 3.63) is 12.2 Å². The van der Waals surface area contributed by atoms with Gasteiger partial charge in [0.15, 0.2) is 0 Å². The highest BCUT2D eigenvalue weighted by atomic mass is 16.5. The molecular weight excluding hydrogens is 166 g/mol. The van der Waals surface area contributed by atoms with Crippen molar-refractivity contribution < 1.29 is 4.74 Å². The lowest BCUT2D eigenvalue weighted by Crippen LogP contribution is -2.11. The van der Waals surface area contributed by atoms with Crippen LogP contribution < -0.4 is 0 Å². The van der Waals surface area contributed by atoms with Crippen molar-refractivity contribution in [1.82, 2.24) is 14.8 Å². The van der Waals surface area contributed by atoms with Crippen molar-refractivity contribution in [2.75, 3.05) is 13.7 Å². The summed E-state index contributed by atoms with van der Waals surface area (Å²) >= 11 is 0. The van der Waals surface area contributed by atoms with Crippen molar-refractivity contribution in [2.24, 2.45) is 5.92 Å². The van der Waals surface area contributed by atoms with Gasteiger partial charge in [0.2, 0.25) is 0 Å². The predicted octanol–water partition coefficient (Wildman–Crippen LogP) is 1.12. The Morgan fingerprint density at radius 1 is 1.62 bits per heavy atom. The molecule has 1 aromatic rings. The molecule has 1 rings (SSSR count). The SMILES string of the molecule is CCn1cnnc1CC(C)COC. The van der Waals surface area contributed by atoms with E-state index >= 15 is 0 Å². The first-order valence-corrected chi connectivity index (χ1v) is 4.63. The number of hydrogen-bond donors (Lipinski definition) is 0. The van der Waals surface area contributed by atoms with E-state index in [1.807, 2.05) is 0 Å². The molecule has 0 N–H and O–H groups in total. The molecule has 0 spiro atoms. The molecule has 0 aliphatic heterocycles. The van der Waals surface area contributed by atoms with E-state index in [2.05, 4.69) is 28.6 Å². The van der Waals surface area contributed by atoms with Gasteiger partial charge < -0.3 is 9.30 Å². The van der Waals surface area contributed by atoms with Gasteiger partial charge in [0.25, 0.3) is 0 Å². The Labute approximate surface area is 78.9 Å². The number of methoxy groups -OCH3 is 1. The summed E-state index contributed by atoms with van der Waals surface area (Å²) in [6.07, 6.45) is 2.70. The van der Waals surface area contributed by atoms with E-state index in [-0.39, 0.29) is 0 Å². The largest absolute Gasteiger partial charge is 0.384 e. The van der Waals surface area contributed by atoms with E-state index < -0.39 is 0 Å². The van der Waals surface area contributed by atoms with Gasteiger partial charge in [-0.3, -0.25) is 0 Å². The van der Waals surface area contributed by atoms with Crippen molar-refractivity contribution in [3.63, 3.8) is 0 Å². The van der Waals surface area contributed by atoms with Crippen LogP contribution in [0.25, 0.3) is 0 Å². The Hall–Kier alpha value is -0.900. The summed E-state index contributed by atoms with van der Waals surface area (Å²) in [5.74, 6) is 1.55. The molecule has 0 aliphatic carbocycles. The fourth-order valence-electron chi connectivity index (χ4n) is 1.36. The fraction of sp³-hybridized carbons (Fsp3) is 0.778. The third-order valence-electron chi connectivity index (χ3n) is 2.02. The summed E-state index contributed by atoms with van der Waals surface area (Å²) in [6.45, 7) is 5.95. The Kier molecular flexibility index (Phi) is 3.89. The predicted molar refractivity (Wildman–Crippen MR) is 50.4 cm³/mol. The first-order chi connectivity index (χ1) is 6.27. The summed E-state index contributed by atoms with van der Waals surface area (Å²) in [6, 6.07) is 0. The van der Waals surface area contributed by atoms with E-state index in [1.165, 1.54) is 0 Å². The average Bonchev–Trinajstić information content (AvgIpc) is 2.52. The topological polar surface area (TPSA) is 39.9 Å². The van der Waals surface area contributed by atoms with E-state index in [0.717, 1.165) is 25.4 Å². The number of hydrogen-bond acceptors (Lipinski definition) is 3. The lowest BCUT2D eigenvalue weighted by atomic mass is 10.1. The second kappa shape index (κ2) is 4.97. The zero-order valence-electron chi connectivity index (χ0n) is 8.53. The number of aryl methyl sites for hydroxylation is 1. The van der Waals surface area contributed by atoms with Crippen molar-refractivity contribution >= 4 is 0 Å². The first kappa shape index (κ1) is 10.2. The maximum Gasteiger partial charge on any atom is 0.133 e. The molecule has 0 radical (unpaired) electrons. The van der Waals surface area contributed by atoms with Gasteiger partial charge in [0.1, 0.15) is 12.2 Å². The van der Waals surface area contributed by atoms with Crippen LogP contribution in [0.4, 0.5) is 0 Å². The van der Waals surface area contributed by atoms with Crippen LogP contribution in [-0.2, 0) is 17.7 Å². The fourth-order valence-corrected chi connectivity index (χ4v) is 1.36. The molecule has 0 saturated heterocycles. The lowest BCUT2D eigenvalue weighted by Gasteiger charge is -2.09. The van der Waals surface area contributed by atoms with Gasteiger partial charge in [-0.2, -0.15) is 0 Å². The third-order valence-corrected chi connectivity index (χ3v) is 2.02. The molecule has 74 valence electrons. The van der Waals surface area contributed by atoms with Gasteiger partial charge in [0, 0.05) is 26.7 Å². The Morgan fingerprint density at radius 2 is 2.38 bits per heavy atom. The van der Waals surface area contributed by atoms with Crippen LogP contribution in [0.1, 0.15) is 19.7 Å². The molecule has 0 aromatic carbocycles. The van der Waals surface area contributed by atoms with Crippen LogP contribution in [0.15, 0.2) is 6.33 Å². The van der Waals surface area contributed by atoms with Crippen LogP contribution in [0.2, 0.25) is 0 Å². The molecule has 0 fully saturated rings. The minimum absolute atomic E-state index is 0.500. The number of rotatable bonds is 5. The van der Waals surface area contributed by atoms with Gasteiger partial charge in [-0.1, -0.05) is 6.92 Å². The third kappa shape index (κ3) is 2.81. The number of nitrogens with zero attached hydrogens (tertiary/aromatic N) is 3. The second-order valence-electron chi connectivity index (χ2n) is 3.30. The van der Waals surface area contributed by atoms with Crippen LogP contribution in [-0.4, -0.2) is 28.5 Å². The van der Waals surface area contributed by atoms with Gasteiger partial charge in [-0.05, 0) is 12.8 Å². The molecule has 1 unspecified atom stereocenters. The molecule has 4 heteroatoms. The molecule has 0 bridgehead atoms. The first-order valence-electron chi connectivity index (χ1n) is 4.63. The van der Waals surface area contributed by atoms with Crippen LogP contribution >= 0.6 is 0 Å². The summed E-state index contributed by atoms with van der Waals surface area (Å²) in [7, 11) is 1.72. The lowest BCUT2D eigenvalue weighted by molar-refractivity contribution is 0.158. The molecule has 0 saturated carbocycles. The minimum atomic E-state index is 0.500. The average molecular weight is 183 g/mol. The molecule has 1 aromatic heterocycles. The molecule has 0 amide bonds.